The summed E-state index contributed by atoms with van der Waals surface area (Å²) in [6.07, 6.45) is 7.50. The van der Waals surface area contributed by atoms with E-state index in [0.29, 0.717) is 11.1 Å². The van der Waals surface area contributed by atoms with E-state index in [2.05, 4.69) is 21.3 Å². The molecule has 0 aliphatic heterocycles. The number of nitrogens with two attached hydrogens (primary N) is 1. The Morgan fingerprint density at radius 1 is 1.59 bits per heavy atom. The van der Waals surface area contributed by atoms with Gasteiger partial charge in [-0.05, 0) is 45.9 Å². The fraction of sp³-hybridized carbons (Fsp3) is 0.250. The van der Waals surface area contributed by atoms with Crippen LogP contribution in [0.1, 0.15) is 24.3 Å². The van der Waals surface area contributed by atoms with Crippen LogP contribution in [-0.2, 0) is 0 Å². The zero-order chi connectivity index (χ0) is 12.3. The minimum absolute atomic E-state index is 0.335. The molecular weight excluding hydrogens is 254 g/mol. The van der Waals surface area contributed by atoms with E-state index in [9.17, 15) is 0 Å². The van der Waals surface area contributed by atoms with E-state index in [1.807, 2.05) is 18.3 Å². The van der Waals surface area contributed by atoms with Gasteiger partial charge in [-0.2, -0.15) is 0 Å². The topological polar surface area (TPSA) is 51.3 Å². The van der Waals surface area contributed by atoms with Gasteiger partial charge in [-0.25, -0.2) is 9.38 Å². The molecule has 0 radical (unpaired) electrons. The maximum absolute atomic E-state index is 5.77. The molecule has 0 bridgehead atoms. The summed E-state index contributed by atoms with van der Waals surface area (Å²) in [4.78, 5) is 5.37. The Hall–Kier alpha value is -1.13. The number of nitrogens with zero attached hydrogens (tertiary/aromatic N) is 2. The number of hydrogen-bond acceptors (Lipinski definition) is 2. The Kier molecular flexibility index (Phi) is 3.97. The first-order valence-electron chi connectivity index (χ1n) is 5.31. The molecule has 90 valence electrons. The van der Waals surface area contributed by atoms with Crippen LogP contribution in [0.2, 0.25) is 5.15 Å². The van der Waals surface area contributed by atoms with E-state index >= 15 is 0 Å². The minimum atomic E-state index is -0.335. The molecule has 0 aromatic carbocycles. The van der Waals surface area contributed by atoms with Crippen LogP contribution in [-0.4, -0.2) is 17.2 Å². The molecule has 1 aliphatic rings. The summed E-state index contributed by atoms with van der Waals surface area (Å²) in [6, 6.07) is 3.84. The molecule has 1 heterocycles. The lowest BCUT2D eigenvalue weighted by molar-refractivity contribution is 0.795. The predicted octanol–water partition coefficient (Wildman–Crippen LogP) is 3.10. The van der Waals surface area contributed by atoms with Gasteiger partial charge in [0.15, 0.2) is 0 Å². The number of rotatable bonds is 3. The van der Waals surface area contributed by atoms with Gasteiger partial charge in [0.05, 0.1) is 6.34 Å². The summed E-state index contributed by atoms with van der Waals surface area (Å²) in [5, 5.41) is 0.528. The van der Waals surface area contributed by atoms with Gasteiger partial charge in [0, 0.05) is 12.1 Å². The third kappa shape index (κ3) is 2.96. The predicted molar refractivity (Wildman–Crippen MR) is 76.7 cm³/mol. The Morgan fingerprint density at radius 2 is 2.41 bits per heavy atom. The molecule has 0 spiro atoms. The van der Waals surface area contributed by atoms with Crippen molar-refractivity contribution in [2.45, 2.75) is 18.8 Å². The van der Waals surface area contributed by atoms with Gasteiger partial charge in [-0.3, -0.25) is 0 Å². The molecule has 2 atom stereocenters. The van der Waals surface area contributed by atoms with Gasteiger partial charge in [-0.1, -0.05) is 23.7 Å². The molecule has 0 saturated heterocycles. The highest BCUT2D eigenvalue weighted by Crippen LogP contribution is 2.40. The molecule has 1 aromatic rings. The maximum atomic E-state index is 5.77. The number of allylic oxidation sites excluding steroid dienone is 2. The van der Waals surface area contributed by atoms with Crippen molar-refractivity contribution in [2.75, 3.05) is 0 Å². The highest BCUT2D eigenvalue weighted by Gasteiger charge is 2.18. The lowest BCUT2D eigenvalue weighted by atomic mass is 10.0. The fourth-order valence-electron chi connectivity index (χ4n) is 1.90. The monoisotopic (exact) mass is 267 g/mol. The van der Waals surface area contributed by atoms with Gasteiger partial charge in [0.2, 0.25) is 0 Å². The van der Waals surface area contributed by atoms with Crippen molar-refractivity contribution in [3.8, 4) is 0 Å². The molecule has 2 rings (SSSR count). The smallest absolute Gasteiger partial charge is 0.129 e. The third-order valence-corrected chi connectivity index (χ3v) is 4.30. The van der Waals surface area contributed by atoms with Gasteiger partial charge >= 0.3 is 0 Å². The van der Waals surface area contributed by atoms with E-state index in [-0.39, 0.29) is 10.7 Å². The summed E-state index contributed by atoms with van der Waals surface area (Å²) < 4.78 is 4.11. The largest absolute Gasteiger partial charge is 0.389 e. The zero-order valence-electron chi connectivity index (χ0n) is 9.34. The summed E-state index contributed by atoms with van der Waals surface area (Å²) in [7, 11) is -0.335. The molecule has 3 nitrogen and oxygen atoms in total. The maximum Gasteiger partial charge on any atom is 0.129 e. The van der Waals surface area contributed by atoms with Gasteiger partial charge in [0.25, 0.3) is 0 Å². The van der Waals surface area contributed by atoms with E-state index in [0.717, 1.165) is 12.8 Å². The highest BCUT2D eigenvalue weighted by atomic mass is 35.5. The van der Waals surface area contributed by atoms with Gasteiger partial charge in [0.1, 0.15) is 5.15 Å². The molecule has 0 fully saturated rings. The van der Waals surface area contributed by atoms with E-state index in [1.54, 1.807) is 0 Å². The van der Waals surface area contributed by atoms with Gasteiger partial charge in [-0.15, -0.1) is 0 Å². The van der Waals surface area contributed by atoms with Crippen molar-refractivity contribution in [1.29, 1.82) is 0 Å². The number of aromatic nitrogens is 1. The molecule has 5 heteroatoms. The second-order valence-electron chi connectivity index (χ2n) is 3.81. The lowest BCUT2D eigenvalue weighted by Gasteiger charge is -2.05. The molecule has 2 N–H and O–H groups in total. The van der Waals surface area contributed by atoms with Crippen LogP contribution in [0.25, 0.3) is 0 Å². The molecule has 2 unspecified atom stereocenters. The fourth-order valence-corrected chi connectivity index (χ4v) is 2.96. The number of pyridine rings is 1. The van der Waals surface area contributed by atoms with Crippen molar-refractivity contribution in [3.63, 3.8) is 0 Å². The second kappa shape index (κ2) is 5.47. The highest BCUT2D eigenvalue weighted by molar-refractivity contribution is 8.16. The van der Waals surface area contributed by atoms with Gasteiger partial charge < -0.3 is 5.73 Å². The van der Waals surface area contributed by atoms with E-state index in [1.165, 1.54) is 16.8 Å². The van der Waals surface area contributed by atoms with E-state index < -0.39 is 0 Å². The summed E-state index contributed by atoms with van der Waals surface area (Å²) in [5.41, 5.74) is 6.48. The molecule has 1 aliphatic carbocycles. The Labute approximate surface area is 108 Å². The van der Waals surface area contributed by atoms with Crippen molar-refractivity contribution in [1.82, 2.24) is 4.98 Å². The molecule has 1 aromatic heterocycles. The number of hydrogen-bond donors (Lipinski definition) is 1. The summed E-state index contributed by atoms with van der Waals surface area (Å²) >= 11 is 5.77. The first-order chi connectivity index (χ1) is 8.20. The number of halogens is 1. The standard InChI is InChI=1S/C12H14ClN3S/c1-17(16-8-14)11-4-2-9(6-11)10-3-5-12(13)15-7-10/h3,5-9H,1-2,4H2,(H2,14,16). The summed E-state index contributed by atoms with van der Waals surface area (Å²) in [6.45, 7) is 0. The van der Waals surface area contributed by atoms with Crippen molar-refractivity contribution in [3.05, 3.63) is 40.0 Å². The lowest BCUT2D eigenvalue weighted by Crippen LogP contribution is -1.91. The van der Waals surface area contributed by atoms with Crippen LogP contribution in [0.4, 0.5) is 0 Å². The van der Waals surface area contributed by atoms with Crippen molar-refractivity contribution >= 4 is 34.5 Å². The zero-order valence-corrected chi connectivity index (χ0v) is 10.9. The van der Waals surface area contributed by atoms with Crippen LogP contribution in [0.5, 0.6) is 0 Å². The Bertz CT molecular complexity index is 479. The minimum Gasteiger partial charge on any atom is -0.389 e. The average Bonchev–Trinajstić information content (AvgIpc) is 2.80. The first kappa shape index (κ1) is 12.3. The van der Waals surface area contributed by atoms with Crippen LogP contribution in [0.3, 0.4) is 0 Å². The van der Waals surface area contributed by atoms with Crippen molar-refractivity contribution in [2.24, 2.45) is 10.1 Å². The van der Waals surface area contributed by atoms with Crippen molar-refractivity contribution < 1.29 is 0 Å². The quantitative estimate of drug-likeness (QED) is 0.396. The van der Waals surface area contributed by atoms with E-state index in [4.69, 9.17) is 17.3 Å². The first-order valence-corrected chi connectivity index (χ1v) is 7.04. The summed E-state index contributed by atoms with van der Waals surface area (Å²) in [5.74, 6) is 4.40. The van der Waals surface area contributed by atoms with Crippen LogP contribution in [0, 0.1) is 0 Å². The Balaban J connectivity index is 2.15. The third-order valence-electron chi connectivity index (χ3n) is 2.76. The normalized spacial score (nSPS) is 21.7. The molecule has 0 saturated carbocycles. The SMILES string of the molecule is C=S(N=CN)C1=CC(c2ccc(Cl)nc2)CC1. The van der Waals surface area contributed by atoms with Crippen LogP contribution < -0.4 is 5.73 Å². The molecular formula is C12H14ClN3S. The second-order valence-corrected chi connectivity index (χ2v) is 5.66. The Morgan fingerprint density at radius 3 is 3.06 bits per heavy atom. The average molecular weight is 268 g/mol. The van der Waals surface area contributed by atoms with Crippen LogP contribution in [0.15, 0.2) is 33.7 Å². The molecule has 17 heavy (non-hydrogen) atoms. The molecule has 0 amide bonds. The van der Waals surface area contributed by atoms with Crippen LogP contribution >= 0.6 is 22.3 Å².